The number of pyridine rings is 1. The SMILES string of the molecule is Cc1cc(N2CCC(Cc3ccccc3)C2)c2ccccc2n1. The summed E-state index contributed by atoms with van der Waals surface area (Å²) in [5, 5.41) is 1.28. The summed E-state index contributed by atoms with van der Waals surface area (Å²) in [6, 6.07) is 21.6. The van der Waals surface area contributed by atoms with Gasteiger partial charge in [0.15, 0.2) is 0 Å². The Balaban J connectivity index is 1.58. The Morgan fingerprint density at radius 1 is 1.04 bits per heavy atom. The van der Waals surface area contributed by atoms with Gasteiger partial charge in [-0.1, -0.05) is 48.5 Å². The average molecular weight is 302 g/mol. The molecule has 0 saturated carbocycles. The fourth-order valence-electron chi connectivity index (χ4n) is 3.71. The number of rotatable bonds is 3. The van der Waals surface area contributed by atoms with Gasteiger partial charge in [-0.2, -0.15) is 0 Å². The van der Waals surface area contributed by atoms with Crippen molar-refractivity contribution in [2.24, 2.45) is 5.92 Å². The molecule has 0 N–H and O–H groups in total. The number of aromatic nitrogens is 1. The zero-order valence-corrected chi connectivity index (χ0v) is 13.6. The van der Waals surface area contributed by atoms with E-state index >= 15 is 0 Å². The summed E-state index contributed by atoms with van der Waals surface area (Å²) in [4.78, 5) is 7.21. The maximum absolute atomic E-state index is 4.67. The van der Waals surface area contributed by atoms with Crippen molar-refractivity contribution in [3.05, 3.63) is 71.9 Å². The molecule has 2 heteroatoms. The molecule has 0 amide bonds. The van der Waals surface area contributed by atoms with E-state index in [4.69, 9.17) is 0 Å². The Hall–Kier alpha value is -2.35. The van der Waals surface area contributed by atoms with Crippen LogP contribution < -0.4 is 4.90 Å². The van der Waals surface area contributed by atoms with E-state index in [1.165, 1.54) is 29.5 Å². The van der Waals surface area contributed by atoms with Gasteiger partial charge in [-0.3, -0.25) is 4.98 Å². The van der Waals surface area contributed by atoms with Crippen LogP contribution in [-0.4, -0.2) is 18.1 Å². The monoisotopic (exact) mass is 302 g/mol. The highest BCUT2D eigenvalue weighted by Crippen LogP contribution is 2.32. The van der Waals surface area contributed by atoms with Gasteiger partial charge in [0.2, 0.25) is 0 Å². The molecule has 3 aromatic rings. The van der Waals surface area contributed by atoms with Gasteiger partial charge in [0.05, 0.1) is 5.52 Å². The van der Waals surface area contributed by atoms with Crippen molar-refractivity contribution >= 4 is 16.6 Å². The molecule has 23 heavy (non-hydrogen) atoms. The number of anilines is 1. The second-order valence-electron chi connectivity index (χ2n) is 6.59. The molecule has 0 bridgehead atoms. The molecule has 1 unspecified atom stereocenters. The predicted molar refractivity (Wildman–Crippen MR) is 96.9 cm³/mol. The van der Waals surface area contributed by atoms with Crippen LogP contribution in [0.1, 0.15) is 17.7 Å². The van der Waals surface area contributed by atoms with Crippen LogP contribution in [-0.2, 0) is 6.42 Å². The van der Waals surface area contributed by atoms with E-state index in [0.29, 0.717) is 0 Å². The van der Waals surface area contributed by atoms with Crippen molar-refractivity contribution < 1.29 is 0 Å². The lowest BCUT2D eigenvalue weighted by atomic mass is 9.99. The molecule has 1 saturated heterocycles. The minimum absolute atomic E-state index is 0.740. The number of para-hydroxylation sites is 1. The van der Waals surface area contributed by atoms with Gasteiger partial charge in [-0.15, -0.1) is 0 Å². The van der Waals surface area contributed by atoms with E-state index in [-0.39, 0.29) is 0 Å². The highest BCUT2D eigenvalue weighted by atomic mass is 15.2. The van der Waals surface area contributed by atoms with Crippen molar-refractivity contribution in [3.63, 3.8) is 0 Å². The van der Waals surface area contributed by atoms with E-state index in [1.54, 1.807) is 0 Å². The molecule has 1 aromatic heterocycles. The Morgan fingerprint density at radius 3 is 2.70 bits per heavy atom. The quantitative estimate of drug-likeness (QED) is 0.702. The maximum atomic E-state index is 4.67. The Labute approximate surface area is 137 Å². The first-order valence-electron chi connectivity index (χ1n) is 8.45. The van der Waals surface area contributed by atoms with Crippen LogP contribution in [0.25, 0.3) is 10.9 Å². The third-order valence-corrected chi connectivity index (χ3v) is 4.82. The van der Waals surface area contributed by atoms with Gasteiger partial charge in [0, 0.05) is 29.9 Å². The van der Waals surface area contributed by atoms with Gasteiger partial charge in [0.1, 0.15) is 0 Å². The Kier molecular flexibility index (Phi) is 3.74. The van der Waals surface area contributed by atoms with E-state index < -0.39 is 0 Å². The summed E-state index contributed by atoms with van der Waals surface area (Å²) in [6.07, 6.45) is 2.45. The zero-order chi connectivity index (χ0) is 15.6. The van der Waals surface area contributed by atoms with Crippen LogP contribution in [0, 0.1) is 12.8 Å². The first-order chi connectivity index (χ1) is 11.3. The summed E-state index contributed by atoms with van der Waals surface area (Å²) in [6.45, 7) is 4.38. The molecular formula is C21H22N2. The summed E-state index contributed by atoms with van der Waals surface area (Å²) >= 11 is 0. The maximum Gasteiger partial charge on any atom is 0.0726 e. The molecule has 1 atom stereocenters. The van der Waals surface area contributed by atoms with Crippen LogP contribution >= 0.6 is 0 Å². The molecule has 116 valence electrons. The smallest absolute Gasteiger partial charge is 0.0726 e. The van der Waals surface area contributed by atoms with E-state index in [0.717, 1.165) is 30.2 Å². The summed E-state index contributed by atoms with van der Waals surface area (Å²) in [5.41, 5.74) is 5.01. The normalized spacial score (nSPS) is 17.8. The van der Waals surface area contributed by atoms with E-state index in [2.05, 4.69) is 77.5 Å². The summed E-state index contributed by atoms with van der Waals surface area (Å²) in [5.74, 6) is 0.740. The lowest BCUT2D eigenvalue weighted by Crippen LogP contribution is -2.20. The van der Waals surface area contributed by atoms with Crippen LogP contribution in [0.3, 0.4) is 0 Å². The third kappa shape index (κ3) is 2.94. The first-order valence-corrected chi connectivity index (χ1v) is 8.45. The van der Waals surface area contributed by atoms with Gasteiger partial charge in [0.25, 0.3) is 0 Å². The van der Waals surface area contributed by atoms with Crippen LogP contribution in [0.2, 0.25) is 0 Å². The molecule has 0 spiro atoms. The van der Waals surface area contributed by atoms with E-state index in [1.807, 2.05) is 0 Å². The summed E-state index contributed by atoms with van der Waals surface area (Å²) < 4.78 is 0. The number of hydrogen-bond acceptors (Lipinski definition) is 2. The molecule has 2 aromatic carbocycles. The number of benzene rings is 2. The molecular weight excluding hydrogens is 280 g/mol. The van der Waals surface area contributed by atoms with E-state index in [9.17, 15) is 0 Å². The summed E-state index contributed by atoms with van der Waals surface area (Å²) in [7, 11) is 0. The number of aryl methyl sites for hydroxylation is 1. The van der Waals surface area contributed by atoms with Crippen molar-refractivity contribution in [1.82, 2.24) is 4.98 Å². The molecule has 1 fully saturated rings. The van der Waals surface area contributed by atoms with Crippen molar-refractivity contribution in [2.75, 3.05) is 18.0 Å². The van der Waals surface area contributed by atoms with Crippen LogP contribution in [0.5, 0.6) is 0 Å². The van der Waals surface area contributed by atoms with Crippen molar-refractivity contribution in [2.45, 2.75) is 19.8 Å². The van der Waals surface area contributed by atoms with Gasteiger partial charge in [-0.05, 0) is 43.4 Å². The van der Waals surface area contributed by atoms with Gasteiger partial charge in [-0.25, -0.2) is 0 Å². The topological polar surface area (TPSA) is 16.1 Å². The molecule has 1 aliphatic heterocycles. The average Bonchev–Trinajstić information content (AvgIpc) is 3.03. The first kappa shape index (κ1) is 14.3. The highest BCUT2D eigenvalue weighted by molar-refractivity contribution is 5.92. The van der Waals surface area contributed by atoms with Crippen LogP contribution in [0.15, 0.2) is 60.7 Å². The number of fused-ring (bicyclic) bond motifs is 1. The van der Waals surface area contributed by atoms with Gasteiger partial charge < -0.3 is 4.90 Å². The fourth-order valence-corrected chi connectivity index (χ4v) is 3.71. The predicted octanol–water partition coefficient (Wildman–Crippen LogP) is 4.61. The standard InChI is InChI=1S/C21H22N2/c1-16-13-21(19-9-5-6-10-20(19)22-16)23-12-11-18(15-23)14-17-7-3-2-4-8-17/h2-10,13,18H,11-12,14-15H2,1H3. The number of nitrogens with zero attached hydrogens (tertiary/aromatic N) is 2. The minimum atomic E-state index is 0.740. The highest BCUT2D eigenvalue weighted by Gasteiger charge is 2.24. The molecule has 2 heterocycles. The minimum Gasteiger partial charge on any atom is -0.371 e. The van der Waals surface area contributed by atoms with Crippen molar-refractivity contribution in [1.29, 1.82) is 0 Å². The molecule has 0 radical (unpaired) electrons. The number of hydrogen-bond donors (Lipinski definition) is 0. The zero-order valence-electron chi connectivity index (χ0n) is 13.6. The largest absolute Gasteiger partial charge is 0.371 e. The lowest BCUT2D eigenvalue weighted by Gasteiger charge is -2.21. The molecule has 0 aliphatic carbocycles. The third-order valence-electron chi connectivity index (χ3n) is 4.82. The molecule has 1 aliphatic rings. The lowest BCUT2D eigenvalue weighted by molar-refractivity contribution is 0.587. The Morgan fingerprint density at radius 2 is 1.83 bits per heavy atom. The van der Waals surface area contributed by atoms with Crippen molar-refractivity contribution in [3.8, 4) is 0 Å². The van der Waals surface area contributed by atoms with Crippen LogP contribution in [0.4, 0.5) is 5.69 Å². The molecule has 4 rings (SSSR count). The second-order valence-corrected chi connectivity index (χ2v) is 6.59. The second kappa shape index (κ2) is 6.04. The fraction of sp³-hybridized carbons (Fsp3) is 0.286. The Bertz CT molecular complexity index is 810. The van der Waals surface area contributed by atoms with Gasteiger partial charge >= 0.3 is 0 Å². The molecule has 2 nitrogen and oxygen atoms in total.